The second kappa shape index (κ2) is 8.14. The Morgan fingerprint density at radius 3 is 2.77 bits per heavy atom. The normalized spacial score (nSPS) is 17.7. The van der Waals surface area contributed by atoms with E-state index in [9.17, 15) is 4.79 Å². The molecule has 0 fully saturated rings. The van der Waals surface area contributed by atoms with E-state index in [4.69, 9.17) is 0 Å². The minimum Gasteiger partial charge on any atom is -0.311 e. The van der Waals surface area contributed by atoms with Crippen LogP contribution in [0.2, 0.25) is 0 Å². The first-order chi connectivity index (χ1) is 14.9. The third kappa shape index (κ3) is 3.64. The van der Waals surface area contributed by atoms with Gasteiger partial charge < -0.3 is 14.8 Å². The van der Waals surface area contributed by atoms with Crippen LogP contribution in [-0.2, 0) is 19.4 Å². The van der Waals surface area contributed by atoms with Crippen molar-refractivity contribution in [1.82, 2.24) is 9.47 Å². The van der Waals surface area contributed by atoms with E-state index in [1.165, 1.54) is 46.0 Å². The van der Waals surface area contributed by atoms with Crippen molar-refractivity contribution in [2.75, 3.05) is 5.32 Å². The van der Waals surface area contributed by atoms with Gasteiger partial charge in [-0.15, -0.1) is 11.3 Å². The number of amides is 2. The van der Waals surface area contributed by atoms with Gasteiger partial charge in [-0.25, -0.2) is 4.79 Å². The summed E-state index contributed by atoms with van der Waals surface area (Å²) in [7, 11) is 0. The molecule has 6 heteroatoms. The number of hydrogen-bond acceptors (Lipinski definition) is 2. The van der Waals surface area contributed by atoms with Gasteiger partial charge in [0.05, 0.1) is 12.6 Å². The van der Waals surface area contributed by atoms with Crippen molar-refractivity contribution in [3.8, 4) is 5.00 Å². The number of hydrogen-bond donors (Lipinski definition) is 1. The maximum absolute atomic E-state index is 13.7. The predicted molar refractivity (Wildman–Crippen MR) is 131 cm³/mol. The van der Waals surface area contributed by atoms with Crippen LogP contribution >= 0.6 is 27.3 Å². The SMILES string of the molecule is Cc1cc(NC(=O)N2Cc3c(sc4c3CCCC4)-n3cccc3C2C(C)C)ccc1Br. The Morgan fingerprint density at radius 1 is 1.19 bits per heavy atom. The summed E-state index contributed by atoms with van der Waals surface area (Å²) in [4.78, 5) is 17.2. The fraction of sp³-hybridized carbons (Fsp3) is 0.400. The number of rotatable bonds is 2. The zero-order valence-corrected chi connectivity index (χ0v) is 20.6. The van der Waals surface area contributed by atoms with Crippen molar-refractivity contribution in [3.63, 3.8) is 0 Å². The molecular weight excluding hydrogens is 470 g/mol. The molecule has 0 radical (unpaired) electrons. The number of carbonyl (C=O) groups excluding carboxylic acids is 1. The number of urea groups is 1. The van der Waals surface area contributed by atoms with Crippen LogP contribution in [0.4, 0.5) is 10.5 Å². The highest BCUT2D eigenvalue weighted by atomic mass is 79.9. The number of fused-ring (bicyclic) bond motifs is 5. The lowest BCUT2D eigenvalue weighted by Gasteiger charge is -2.33. The summed E-state index contributed by atoms with van der Waals surface area (Å²) in [5.41, 5.74) is 5.99. The number of halogens is 1. The summed E-state index contributed by atoms with van der Waals surface area (Å²) in [6.07, 6.45) is 6.98. The molecule has 162 valence electrons. The Kier molecular flexibility index (Phi) is 5.47. The minimum absolute atomic E-state index is 0.0189. The van der Waals surface area contributed by atoms with Gasteiger partial charge in [0.15, 0.2) is 0 Å². The molecular formula is C25H28BrN3OS. The average Bonchev–Trinajstić information content (AvgIpc) is 3.32. The molecule has 0 bridgehead atoms. The Hall–Kier alpha value is -2.05. The molecule has 1 atom stereocenters. The van der Waals surface area contributed by atoms with Crippen LogP contribution in [0.3, 0.4) is 0 Å². The second-order valence-corrected chi connectivity index (χ2v) is 10.9. The highest BCUT2D eigenvalue weighted by Crippen LogP contribution is 2.44. The standard InChI is InChI=1S/C25H28BrN3OS/c1-15(2)23-21-8-6-12-28(21)24-19(18-7-4-5-9-22(18)31-24)14-29(23)25(30)27-17-10-11-20(26)16(3)13-17/h6,8,10-13,15,23H,4-5,7,9,14H2,1-3H3,(H,27,30). The molecule has 5 rings (SSSR count). The van der Waals surface area contributed by atoms with Crippen LogP contribution in [-0.4, -0.2) is 15.5 Å². The molecule has 0 saturated carbocycles. The molecule has 31 heavy (non-hydrogen) atoms. The number of carbonyl (C=O) groups is 1. The lowest BCUT2D eigenvalue weighted by Crippen LogP contribution is -2.39. The minimum atomic E-state index is -0.0308. The number of benzene rings is 1. The summed E-state index contributed by atoms with van der Waals surface area (Å²) in [5.74, 6) is 0.302. The Morgan fingerprint density at radius 2 is 2.00 bits per heavy atom. The van der Waals surface area contributed by atoms with Crippen LogP contribution in [0.1, 0.15) is 60.0 Å². The van der Waals surface area contributed by atoms with Crippen molar-refractivity contribution >= 4 is 39.0 Å². The van der Waals surface area contributed by atoms with Crippen LogP contribution in [0.25, 0.3) is 5.00 Å². The lowest BCUT2D eigenvalue weighted by atomic mass is 9.94. The number of aryl methyl sites for hydroxylation is 2. The highest BCUT2D eigenvalue weighted by Gasteiger charge is 2.36. The van der Waals surface area contributed by atoms with E-state index >= 15 is 0 Å². The van der Waals surface area contributed by atoms with Crippen LogP contribution < -0.4 is 5.32 Å². The van der Waals surface area contributed by atoms with Crippen molar-refractivity contribution < 1.29 is 4.79 Å². The van der Waals surface area contributed by atoms with Crippen molar-refractivity contribution in [2.24, 2.45) is 5.92 Å². The van der Waals surface area contributed by atoms with E-state index in [1.54, 1.807) is 0 Å². The molecule has 2 aromatic heterocycles. The smallest absolute Gasteiger partial charge is 0.311 e. The van der Waals surface area contributed by atoms with Gasteiger partial charge in [-0.3, -0.25) is 0 Å². The van der Waals surface area contributed by atoms with Gasteiger partial charge in [0.25, 0.3) is 0 Å². The monoisotopic (exact) mass is 497 g/mol. The van der Waals surface area contributed by atoms with E-state index in [1.807, 2.05) is 36.5 Å². The molecule has 0 saturated heterocycles. The summed E-state index contributed by atoms with van der Waals surface area (Å²) in [6, 6.07) is 10.3. The first-order valence-electron chi connectivity index (χ1n) is 11.1. The van der Waals surface area contributed by atoms with Gasteiger partial charge in [-0.05, 0) is 80.0 Å². The fourth-order valence-electron chi connectivity index (χ4n) is 5.04. The summed E-state index contributed by atoms with van der Waals surface area (Å²) >= 11 is 5.48. The quantitative estimate of drug-likeness (QED) is 0.398. The second-order valence-electron chi connectivity index (χ2n) is 9.01. The first-order valence-corrected chi connectivity index (χ1v) is 12.7. The maximum Gasteiger partial charge on any atom is 0.322 e. The van der Waals surface area contributed by atoms with E-state index in [0.717, 1.165) is 22.1 Å². The van der Waals surface area contributed by atoms with E-state index in [0.29, 0.717) is 12.5 Å². The molecule has 1 aromatic carbocycles. The number of nitrogens with zero attached hydrogens (tertiary/aromatic N) is 2. The molecule has 1 aliphatic carbocycles. The molecule has 3 heterocycles. The summed E-state index contributed by atoms with van der Waals surface area (Å²) in [5, 5.41) is 4.49. The maximum atomic E-state index is 13.7. The topological polar surface area (TPSA) is 37.3 Å². The van der Waals surface area contributed by atoms with Gasteiger partial charge in [-0.1, -0.05) is 29.8 Å². The zero-order valence-electron chi connectivity index (χ0n) is 18.2. The summed E-state index contributed by atoms with van der Waals surface area (Å²) < 4.78 is 3.40. The number of anilines is 1. The largest absolute Gasteiger partial charge is 0.322 e. The Labute approximate surface area is 196 Å². The fourth-order valence-corrected chi connectivity index (χ4v) is 6.69. The Bertz CT molecular complexity index is 1150. The molecule has 1 unspecified atom stereocenters. The van der Waals surface area contributed by atoms with Gasteiger partial charge in [-0.2, -0.15) is 0 Å². The van der Waals surface area contributed by atoms with E-state index < -0.39 is 0 Å². The lowest BCUT2D eigenvalue weighted by molar-refractivity contribution is 0.161. The highest BCUT2D eigenvalue weighted by molar-refractivity contribution is 9.10. The van der Waals surface area contributed by atoms with Crippen molar-refractivity contribution in [3.05, 3.63) is 68.3 Å². The van der Waals surface area contributed by atoms with Crippen molar-refractivity contribution in [1.29, 1.82) is 0 Å². The summed E-state index contributed by atoms with van der Waals surface area (Å²) in [6.45, 7) is 7.12. The van der Waals surface area contributed by atoms with Crippen LogP contribution in [0.5, 0.6) is 0 Å². The average molecular weight is 498 g/mol. The van der Waals surface area contributed by atoms with Crippen LogP contribution in [0.15, 0.2) is 41.0 Å². The predicted octanol–water partition coefficient (Wildman–Crippen LogP) is 7.23. The van der Waals surface area contributed by atoms with Crippen LogP contribution in [0, 0.1) is 12.8 Å². The molecule has 4 nitrogen and oxygen atoms in total. The molecule has 1 aliphatic heterocycles. The number of aromatic nitrogens is 1. The zero-order chi connectivity index (χ0) is 21.7. The first kappa shape index (κ1) is 20.8. The molecule has 2 aliphatic rings. The van der Waals surface area contributed by atoms with Gasteiger partial charge in [0.1, 0.15) is 5.00 Å². The van der Waals surface area contributed by atoms with Gasteiger partial charge in [0, 0.05) is 32.5 Å². The molecule has 2 amide bonds. The number of thiophene rings is 1. The van der Waals surface area contributed by atoms with Crippen molar-refractivity contribution in [2.45, 2.75) is 59.0 Å². The number of nitrogens with one attached hydrogen (secondary N) is 1. The molecule has 3 aromatic rings. The van der Waals surface area contributed by atoms with E-state index in [-0.39, 0.29) is 12.1 Å². The molecule has 1 N–H and O–H groups in total. The molecule has 0 spiro atoms. The van der Waals surface area contributed by atoms with Gasteiger partial charge >= 0.3 is 6.03 Å². The third-order valence-corrected chi connectivity index (χ3v) is 8.75. The van der Waals surface area contributed by atoms with Gasteiger partial charge in [0.2, 0.25) is 0 Å². The Balaban J connectivity index is 1.58. The van der Waals surface area contributed by atoms with E-state index in [2.05, 4.69) is 62.9 Å². The third-order valence-electron chi connectivity index (χ3n) is 6.53.